The van der Waals surface area contributed by atoms with Crippen LogP contribution in [0.25, 0.3) is 6.08 Å². The summed E-state index contributed by atoms with van der Waals surface area (Å²) in [5.74, 6) is -2.41. The molecule has 31 heavy (non-hydrogen) atoms. The number of amides is 1. The highest BCUT2D eigenvalue weighted by molar-refractivity contribution is 6.02. The molecule has 5 nitrogen and oxygen atoms in total. The van der Waals surface area contributed by atoms with Crippen molar-refractivity contribution in [1.82, 2.24) is 5.32 Å². The molecule has 0 fully saturated rings. The van der Waals surface area contributed by atoms with Gasteiger partial charge in [0.15, 0.2) is 0 Å². The first kappa shape index (κ1) is 21.6. The summed E-state index contributed by atoms with van der Waals surface area (Å²) in [5, 5.41) is 11.6. The summed E-state index contributed by atoms with van der Waals surface area (Å²) in [5.41, 5.74) is -1.52. The van der Waals surface area contributed by atoms with E-state index in [1.54, 1.807) is 36.4 Å². The quantitative estimate of drug-likeness (QED) is 0.520. The highest BCUT2D eigenvalue weighted by atomic mass is 19.4. The molecule has 3 rings (SSSR count). The lowest BCUT2D eigenvalue weighted by atomic mass is 10.1. The Morgan fingerprint density at radius 2 is 1.52 bits per heavy atom. The highest BCUT2D eigenvalue weighted by Crippen LogP contribution is 2.39. The van der Waals surface area contributed by atoms with E-state index in [9.17, 15) is 27.9 Å². The van der Waals surface area contributed by atoms with Crippen molar-refractivity contribution in [3.63, 3.8) is 0 Å². The van der Waals surface area contributed by atoms with Gasteiger partial charge in [0, 0.05) is 5.56 Å². The van der Waals surface area contributed by atoms with Crippen LogP contribution in [0.4, 0.5) is 13.2 Å². The number of hydrogen-bond acceptors (Lipinski definition) is 3. The van der Waals surface area contributed by atoms with Gasteiger partial charge in [0.1, 0.15) is 17.2 Å². The Hall–Kier alpha value is -4.07. The van der Waals surface area contributed by atoms with E-state index in [-0.39, 0.29) is 16.9 Å². The van der Waals surface area contributed by atoms with Crippen LogP contribution in [0.1, 0.15) is 21.5 Å². The number of hydrogen-bond donors (Lipinski definition) is 2. The minimum atomic E-state index is -4.75. The van der Waals surface area contributed by atoms with Gasteiger partial charge in [0.05, 0.1) is 5.56 Å². The number of ether oxygens (including phenoxy) is 1. The van der Waals surface area contributed by atoms with Gasteiger partial charge in [-0.1, -0.05) is 42.5 Å². The third-order valence-electron chi connectivity index (χ3n) is 4.11. The largest absolute Gasteiger partial charge is 0.477 e. The molecule has 0 radical (unpaired) electrons. The third-order valence-corrected chi connectivity index (χ3v) is 4.11. The van der Waals surface area contributed by atoms with Crippen LogP contribution in [0.3, 0.4) is 0 Å². The van der Waals surface area contributed by atoms with Crippen molar-refractivity contribution >= 4 is 18.0 Å². The number of nitrogens with one attached hydrogen (secondary N) is 1. The topological polar surface area (TPSA) is 75.6 Å². The zero-order chi connectivity index (χ0) is 22.4. The second kappa shape index (κ2) is 9.17. The van der Waals surface area contributed by atoms with Crippen LogP contribution in [0.15, 0.2) is 84.6 Å². The van der Waals surface area contributed by atoms with Crippen molar-refractivity contribution in [3.8, 4) is 11.5 Å². The molecule has 0 aromatic heterocycles. The first-order valence-corrected chi connectivity index (χ1v) is 8.99. The van der Waals surface area contributed by atoms with Crippen LogP contribution in [-0.2, 0) is 11.0 Å². The first-order chi connectivity index (χ1) is 14.7. The number of halogens is 3. The molecule has 8 heteroatoms. The summed E-state index contributed by atoms with van der Waals surface area (Å²) in [6.45, 7) is 0. The van der Waals surface area contributed by atoms with Crippen molar-refractivity contribution < 1.29 is 32.6 Å². The summed E-state index contributed by atoms with van der Waals surface area (Å²) in [6, 6.07) is 18.9. The molecule has 0 aliphatic carbocycles. The molecular weight excluding hydrogens is 411 g/mol. The maximum absolute atomic E-state index is 13.6. The Morgan fingerprint density at radius 3 is 2.10 bits per heavy atom. The second-order valence-electron chi connectivity index (χ2n) is 6.35. The number of aliphatic carboxylic acids is 1. The number of benzene rings is 3. The van der Waals surface area contributed by atoms with Crippen LogP contribution >= 0.6 is 0 Å². The molecular formula is C23H16F3NO4. The van der Waals surface area contributed by atoms with Gasteiger partial charge in [0.2, 0.25) is 0 Å². The molecule has 0 bridgehead atoms. The molecule has 0 saturated heterocycles. The Balaban J connectivity index is 1.93. The van der Waals surface area contributed by atoms with E-state index in [4.69, 9.17) is 4.74 Å². The van der Waals surface area contributed by atoms with E-state index < -0.39 is 35.1 Å². The van der Waals surface area contributed by atoms with Gasteiger partial charge in [-0.2, -0.15) is 13.2 Å². The maximum atomic E-state index is 13.6. The fourth-order valence-corrected chi connectivity index (χ4v) is 2.67. The molecule has 0 atom stereocenters. The Morgan fingerprint density at radius 1 is 0.903 bits per heavy atom. The summed E-state index contributed by atoms with van der Waals surface area (Å²) in [6.07, 6.45) is -3.80. The molecule has 3 aromatic carbocycles. The molecule has 0 heterocycles. The Bertz CT molecular complexity index is 1110. The summed E-state index contributed by atoms with van der Waals surface area (Å²) < 4.78 is 46.1. The van der Waals surface area contributed by atoms with Gasteiger partial charge in [-0.15, -0.1) is 0 Å². The predicted octanol–water partition coefficient (Wildman–Crippen LogP) is 5.35. The number of carboxylic acids is 1. The fraction of sp³-hybridized carbons (Fsp3) is 0.0435. The number of carboxylic acid groups (broad SMARTS) is 1. The minimum Gasteiger partial charge on any atom is -0.477 e. The number of carbonyl (C=O) groups excluding carboxylic acids is 1. The number of rotatable bonds is 6. The standard InChI is InChI=1S/C23H16F3NO4/c24-23(25,26)18-13-15(11-12-20(18)31-17-9-5-2-6-10-17)14-19(22(29)30)27-21(28)16-7-3-1-4-8-16/h1-14H,(H,27,28)(H,29,30)/b19-14-. The fourth-order valence-electron chi connectivity index (χ4n) is 2.67. The SMILES string of the molecule is O=C(O)/C(=C/c1ccc(Oc2ccccc2)c(C(F)(F)F)c1)NC(=O)c1ccccc1. The molecule has 158 valence electrons. The molecule has 1 amide bonds. The smallest absolute Gasteiger partial charge is 0.420 e. The van der Waals surface area contributed by atoms with E-state index in [0.29, 0.717) is 0 Å². The van der Waals surface area contributed by atoms with Crippen LogP contribution in [0.2, 0.25) is 0 Å². The predicted molar refractivity (Wildman–Crippen MR) is 107 cm³/mol. The van der Waals surface area contributed by atoms with Crippen molar-refractivity contribution in [2.45, 2.75) is 6.18 Å². The average molecular weight is 427 g/mol. The van der Waals surface area contributed by atoms with E-state index in [1.807, 2.05) is 0 Å². The maximum Gasteiger partial charge on any atom is 0.420 e. The zero-order valence-electron chi connectivity index (χ0n) is 15.9. The first-order valence-electron chi connectivity index (χ1n) is 8.99. The summed E-state index contributed by atoms with van der Waals surface area (Å²) in [7, 11) is 0. The van der Waals surface area contributed by atoms with Crippen molar-refractivity contribution in [1.29, 1.82) is 0 Å². The zero-order valence-corrected chi connectivity index (χ0v) is 15.9. The second-order valence-corrected chi connectivity index (χ2v) is 6.35. The van der Waals surface area contributed by atoms with Crippen LogP contribution in [0, 0.1) is 0 Å². The summed E-state index contributed by atoms with van der Waals surface area (Å²) >= 11 is 0. The van der Waals surface area contributed by atoms with E-state index in [2.05, 4.69) is 5.32 Å². The molecule has 0 unspecified atom stereocenters. The molecule has 0 spiro atoms. The van der Waals surface area contributed by atoms with E-state index in [1.165, 1.54) is 30.3 Å². The average Bonchev–Trinajstić information content (AvgIpc) is 2.74. The van der Waals surface area contributed by atoms with Gasteiger partial charge in [0.25, 0.3) is 5.91 Å². The number of alkyl halides is 3. The molecule has 3 aromatic rings. The lowest BCUT2D eigenvalue weighted by Crippen LogP contribution is -2.27. The van der Waals surface area contributed by atoms with Crippen LogP contribution in [-0.4, -0.2) is 17.0 Å². The normalized spacial score (nSPS) is 11.6. The lowest BCUT2D eigenvalue weighted by Gasteiger charge is -2.15. The van der Waals surface area contributed by atoms with Crippen LogP contribution < -0.4 is 10.1 Å². The van der Waals surface area contributed by atoms with Crippen molar-refractivity contribution in [2.24, 2.45) is 0 Å². The van der Waals surface area contributed by atoms with Crippen molar-refractivity contribution in [2.75, 3.05) is 0 Å². The van der Waals surface area contributed by atoms with Crippen LogP contribution in [0.5, 0.6) is 11.5 Å². The minimum absolute atomic E-state index is 0.0708. The third kappa shape index (κ3) is 5.72. The lowest BCUT2D eigenvalue weighted by molar-refractivity contribution is -0.138. The monoisotopic (exact) mass is 427 g/mol. The number of carbonyl (C=O) groups is 2. The van der Waals surface area contributed by atoms with Crippen molar-refractivity contribution in [3.05, 3.63) is 101 Å². The molecule has 2 N–H and O–H groups in total. The summed E-state index contributed by atoms with van der Waals surface area (Å²) in [4.78, 5) is 23.7. The number of para-hydroxylation sites is 1. The van der Waals surface area contributed by atoms with Gasteiger partial charge >= 0.3 is 12.1 Å². The molecule has 0 aliphatic heterocycles. The van der Waals surface area contributed by atoms with Gasteiger partial charge in [-0.3, -0.25) is 4.79 Å². The highest BCUT2D eigenvalue weighted by Gasteiger charge is 2.35. The van der Waals surface area contributed by atoms with Gasteiger partial charge in [-0.25, -0.2) is 4.79 Å². The van der Waals surface area contributed by atoms with Gasteiger partial charge in [-0.05, 0) is 48.0 Å². The molecule has 0 saturated carbocycles. The van der Waals surface area contributed by atoms with E-state index >= 15 is 0 Å². The Kier molecular flexibility index (Phi) is 6.40. The Labute approximate surface area is 175 Å². The van der Waals surface area contributed by atoms with E-state index in [0.717, 1.165) is 18.2 Å². The van der Waals surface area contributed by atoms with Gasteiger partial charge < -0.3 is 15.2 Å². The molecule has 0 aliphatic rings.